The fourth-order valence-corrected chi connectivity index (χ4v) is 4.10. The van der Waals surface area contributed by atoms with Gasteiger partial charge < -0.3 is 9.67 Å². The summed E-state index contributed by atoms with van der Waals surface area (Å²) in [5, 5.41) is 9.87. The number of aromatic nitrogens is 3. The number of benzene rings is 2. The quantitative estimate of drug-likeness (QED) is 0.398. The smallest absolute Gasteiger partial charge is 0.123 e. The first kappa shape index (κ1) is 20.0. The van der Waals surface area contributed by atoms with Gasteiger partial charge in [0.1, 0.15) is 11.6 Å². The van der Waals surface area contributed by atoms with Crippen LogP contribution in [0.3, 0.4) is 0 Å². The van der Waals surface area contributed by atoms with E-state index in [1.165, 1.54) is 24.3 Å². The van der Waals surface area contributed by atoms with E-state index in [1.54, 1.807) is 36.7 Å². The van der Waals surface area contributed by atoms with Crippen molar-refractivity contribution in [2.45, 2.75) is 6.61 Å². The fourth-order valence-electron chi connectivity index (χ4n) is 4.10. The summed E-state index contributed by atoms with van der Waals surface area (Å²) in [6.07, 6.45) is 3.40. The van der Waals surface area contributed by atoms with E-state index in [-0.39, 0.29) is 18.2 Å². The highest BCUT2D eigenvalue weighted by molar-refractivity contribution is 6.06. The van der Waals surface area contributed by atoms with Gasteiger partial charge in [-0.05, 0) is 65.7 Å². The molecule has 0 radical (unpaired) electrons. The number of aryl methyl sites for hydroxylation is 1. The van der Waals surface area contributed by atoms with Crippen molar-refractivity contribution in [2.75, 3.05) is 0 Å². The number of halogens is 2. The molecule has 4 nitrogen and oxygen atoms in total. The van der Waals surface area contributed by atoms with Gasteiger partial charge in [-0.15, -0.1) is 0 Å². The molecule has 0 aliphatic rings. The fraction of sp³-hybridized carbons (Fsp3) is 0.0769. The van der Waals surface area contributed by atoms with Crippen LogP contribution in [0, 0.1) is 11.6 Å². The topological polar surface area (TPSA) is 50.9 Å². The zero-order chi connectivity index (χ0) is 22.2. The van der Waals surface area contributed by atoms with Gasteiger partial charge in [0.25, 0.3) is 0 Å². The van der Waals surface area contributed by atoms with E-state index in [2.05, 4.69) is 4.98 Å². The Bertz CT molecular complexity index is 1410. The van der Waals surface area contributed by atoms with Crippen LogP contribution in [-0.4, -0.2) is 19.6 Å². The number of hydrogen-bond donors (Lipinski definition) is 1. The van der Waals surface area contributed by atoms with Crippen LogP contribution >= 0.6 is 0 Å². The van der Waals surface area contributed by atoms with Gasteiger partial charge in [0.05, 0.1) is 23.3 Å². The van der Waals surface area contributed by atoms with Gasteiger partial charge in [-0.25, -0.2) is 13.8 Å². The molecule has 0 saturated heterocycles. The second kappa shape index (κ2) is 7.98. The second-order valence-electron chi connectivity index (χ2n) is 7.55. The monoisotopic (exact) mass is 427 g/mol. The first-order chi connectivity index (χ1) is 15.6. The summed E-state index contributed by atoms with van der Waals surface area (Å²) in [5.74, 6) is -0.660. The van der Waals surface area contributed by atoms with E-state index in [0.717, 1.165) is 33.3 Å². The van der Waals surface area contributed by atoms with Crippen molar-refractivity contribution < 1.29 is 13.9 Å². The molecule has 0 aliphatic carbocycles. The van der Waals surface area contributed by atoms with Gasteiger partial charge in [0, 0.05) is 41.8 Å². The van der Waals surface area contributed by atoms with E-state index < -0.39 is 0 Å². The summed E-state index contributed by atoms with van der Waals surface area (Å²) < 4.78 is 29.3. The first-order valence-corrected chi connectivity index (χ1v) is 10.1. The van der Waals surface area contributed by atoms with Gasteiger partial charge in [-0.2, -0.15) is 0 Å². The van der Waals surface area contributed by atoms with Gasteiger partial charge in [0.2, 0.25) is 0 Å². The predicted molar refractivity (Wildman–Crippen MR) is 121 cm³/mol. The van der Waals surface area contributed by atoms with Gasteiger partial charge in [-0.3, -0.25) is 4.98 Å². The molecule has 5 aromatic rings. The standard InChI is InChI=1S/C26H19F2N3O/c1-31-21(15-32)14-22-26(31)24(16-2-6-19(27)7-3-16)23(17-10-12-29-13-11-17)25(30-22)18-4-8-20(28)9-5-18/h2-14,32H,15H2,1H3. The highest BCUT2D eigenvalue weighted by atomic mass is 19.1. The number of aliphatic hydroxyl groups excluding tert-OH is 1. The Morgan fingerprint density at radius 2 is 1.34 bits per heavy atom. The molecular weight excluding hydrogens is 408 g/mol. The number of fused-ring (bicyclic) bond motifs is 1. The highest BCUT2D eigenvalue weighted by Gasteiger charge is 2.22. The molecular formula is C26H19F2N3O. The predicted octanol–water partition coefficient (Wildman–Crippen LogP) is 5.74. The number of hydrogen-bond acceptors (Lipinski definition) is 3. The number of nitrogens with zero attached hydrogens (tertiary/aromatic N) is 3. The SMILES string of the molecule is Cn1c(CO)cc2nc(-c3ccc(F)cc3)c(-c3ccncc3)c(-c3ccc(F)cc3)c21. The maximum Gasteiger partial charge on any atom is 0.123 e. The summed E-state index contributed by atoms with van der Waals surface area (Å²) in [4.78, 5) is 9.07. The zero-order valence-corrected chi connectivity index (χ0v) is 17.3. The Morgan fingerprint density at radius 1 is 0.781 bits per heavy atom. The number of pyridine rings is 2. The van der Waals surface area contributed by atoms with E-state index >= 15 is 0 Å². The van der Waals surface area contributed by atoms with E-state index in [9.17, 15) is 13.9 Å². The molecule has 3 heterocycles. The molecule has 0 atom stereocenters. The third kappa shape index (κ3) is 3.35. The lowest BCUT2D eigenvalue weighted by atomic mass is 9.90. The minimum Gasteiger partial charge on any atom is -0.390 e. The Labute approximate surface area is 183 Å². The van der Waals surface area contributed by atoms with Crippen LogP contribution in [-0.2, 0) is 13.7 Å². The van der Waals surface area contributed by atoms with Crippen molar-refractivity contribution >= 4 is 11.0 Å². The summed E-state index contributed by atoms with van der Waals surface area (Å²) in [7, 11) is 1.87. The maximum absolute atomic E-state index is 13.8. The third-order valence-electron chi connectivity index (χ3n) is 5.65. The average molecular weight is 427 g/mol. The van der Waals surface area contributed by atoms with Crippen molar-refractivity contribution in [3.63, 3.8) is 0 Å². The lowest BCUT2D eigenvalue weighted by Crippen LogP contribution is -2.00. The lowest BCUT2D eigenvalue weighted by Gasteiger charge is -2.18. The Hall–Kier alpha value is -3.90. The molecule has 0 fully saturated rings. The Kier molecular flexibility index (Phi) is 4.99. The van der Waals surface area contributed by atoms with Crippen molar-refractivity contribution in [3.8, 4) is 33.5 Å². The highest BCUT2D eigenvalue weighted by Crippen LogP contribution is 2.43. The molecule has 0 spiro atoms. The molecule has 158 valence electrons. The molecule has 0 saturated carbocycles. The molecule has 6 heteroatoms. The van der Waals surface area contributed by atoms with Crippen LogP contribution in [0.5, 0.6) is 0 Å². The van der Waals surface area contributed by atoms with Crippen LogP contribution in [0.15, 0.2) is 79.1 Å². The minimum absolute atomic E-state index is 0.147. The van der Waals surface area contributed by atoms with Crippen LogP contribution in [0.1, 0.15) is 5.69 Å². The molecule has 3 aromatic heterocycles. The molecule has 0 unspecified atom stereocenters. The molecule has 0 bridgehead atoms. The van der Waals surface area contributed by atoms with Crippen molar-refractivity contribution in [2.24, 2.45) is 7.05 Å². The molecule has 2 aromatic carbocycles. The number of rotatable bonds is 4. The number of aliphatic hydroxyl groups is 1. The van der Waals surface area contributed by atoms with Crippen molar-refractivity contribution in [1.82, 2.24) is 14.5 Å². The normalized spacial score (nSPS) is 11.2. The Morgan fingerprint density at radius 3 is 1.94 bits per heavy atom. The summed E-state index contributed by atoms with van der Waals surface area (Å²) in [6, 6.07) is 18.1. The second-order valence-corrected chi connectivity index (χ2v) is 7.55. The largest absolute Gasteiger partial charge is 0.390 e. The molecule has 1 N–H and O–H groups in total. The van der Waals surface area contributed by atoms with Gasteiger partial charge in [-0.1, -0.05) is 12.1 Å². The van der Waals surface area contributed by atoms with Crippen molar-refractivity contribution in [1.29, 1.82) is 0 Å². The van der Waals surface area contributed by atoms with E-state index in [0.29, 0.717) is 16.9 Å². The molecule has 32 heavy (non-hydrogen) atoms. The van der Waals surface area contributed by atoms with Crippen molar-refractivity contribution in [3.05, 3.63) is 96.5 Å². The van der Waals surface area contributed by atoms with E-state index in [4.69, 9.17) is 4.98 Å². The summed E-state index contributed by atoms with van der Waals surface area (Å²) >= 11 is 0. The van der Waals surface area contributed by atoms with Crippen LogP contribution in [0.4, 0.5) is 8.78 Å². The van der Waals surface area contributed by atoms with Crippen LogP contribution < -0.4 is 0 Å². The minimum atomic E-state index is -0.332. The third-order valence-corrected chi connectivity index (χ3v) is 5.65. The molecule has 5 rings (SSSR count). The van der Waals surface area contributed by atoms with Crippen LogP contribution in [0.25, 0.3) is 44.5 Å². The summed E-state index contributed by atoms with van der Waals surface area (Å²) in [6.45, 7) is -0.147. The van der Waals surface area contributed by atoms with E-state index in [1.807, 2.05) is 29.8 Å². The van der Waals surface area contributed by atoms with Crippen LogP contribution in [0.2, 0.25) is 0 Å². The molecule has 0 amide bonds. The van der Waals surface area contributed by atoms with Gasteiger partial charge in [0.15, 0.2) is 0 Å². The Balaban J connectivity index is 1.97. The summed E-state index contributed by atoms with van der Waals surface area (Å²) in [5.41, 5.74) is 6.97. The maximum atomic E-state index is 13.8. The zero-order valence-electron chi connectivity index (χ0n) is 17.3. The molecule has 0 aliphatic heterocycles. The van der Waals surface area contributed by atoms with Gasteiger partial charge >= 0.3 is 0 Å². The average Bonchev–Trinajstić information content (AvgIpc) is 3.15. The first-order valence-electron chi connectivity index (χ1n) is 10.1. The lowest BCUT2D eigenvalue weighted by molar-refractivity contribution is 0.273.